The topological polar surface area (TPSA) is 41.5 Å². The average molecular weight is 383 g/mol. The molecule has 3 aromatic carbocycles. The van der Waals surface area contributed by atoms with E-state index in [1.807, 2.05) is 66.7 Å². The first-order valence-corrected chi connectivity index (χ1v) is 10.3. The van der Waals surface area contributed by atoms with Crippen LogP contribution in [0.2, 0.25) is 0 Å². The van der Waals surface area contributed by atoms with Gasteiger partial charge in [-0.15, -0.1) is 0 Å². The minimum Gasteiger partial charge on any atom is -0.273 e. The van der Waals surface area contributed by atoms with Crippen molar-refractivity contribution in [2.45, 2.75) is 31.6 Å². The van der Waals surface area contributed by atoms with E-state index in [9.17, 15) is 4.79 Å². The van der Waals surface area contributed by atoms with Crippen molar-refractivity contribution >= 4 is 11.6 Å². The lowest BCUT2D eigenvalue weighted by atomic mass is 9.85. The Labute approximate surface area is 172 Å². The molecule has 0 bridgehead atoms. The second-order valence-electron chi connectivity index (χ2n) is 7.61. The van der Waals surface area contributed by atoms with E-state index in [0.29, 0.717) is 0 Å². The largest absolute Gasteiger partial charge is 0.273 e. The molecule has 0 saturated heterocycles. The molecule has 1 atom stereocenters. The predicted molar refractivity (Wildman–Crippen MR) is 118 cm³/mol. The van der Waals surface area contributed by atoms with E-state index < -0.39 is 0 Å². The maximum absolute atomic E-state index is 13.1. The van der Waals surface area contributed by atoms with Gasteiger partial charge in [0, 0.05) is 5.41 Å². The molecule has 1 fully saturated rings. The molecule has 146 valence electrons. The van der Waals surface area contributed by atoms with Gasteiger partial charge in [0.2, 0.25) is 5.91 Å². The van der Waals surface area contributed by atoms with Crippen molar-refractivity contribution in [2.24, 2.45) is 11.0 Å². The number of nitrogens with zero attached hydrogens (tertiary/aromatic N) is 1. The molecule has 3 aromatic rings. The van der Waals surface area contributed by atoms with Gasteiger partial charge >= 0.3 is 0 Å². The molecule has 1 saturated carbocycles. The van der Waals surface area contributed by atoms with Crippen molar-refractivity contribution in [3.8, 4) is 0 Å². The van der Waals surface area contributed by atoms with E-state index in [1.54, 1.807) is 0 Å². The van der Waals surface area contributed by atoms with E-state index in [-0.39, 0.29) is 17.2 Å². The van der Waals surface area contributed by atoms with Gasteiger partial charge in [-0.05, 0) is 29.5 Å². The molecule has 3 nitrogen and oxygen atoms in total. The molecule has 3 heteroatoms. The zero-order valence-electron chi connectivity index (χ0n) is 16.7. The highest BCUT2D eigenvalue weighted by Crippen LogP contribution is 2.58. The number of amides is 1. The Morgan fingerprint density at radius 3 is 1.93 bits per heavy atom. The number of carbonyl (C=O) groups excluding carboxylic acids is 1. The van der Waals surface area contributed by atoms with Crippen LogP contribution in [0.15, 0.2) is 96.1 Å². The van der Waals surface area contributed by atoms with Crippen LogP contribution in [0.5, 0.6) is 0 Å². The van der Waals surface area contributed by atoms with Crippen molar-refractivity contribution in [2.75, 3.05) is 0 Å². The number of nitrogens with one attached hydrogen (secondary N) is 1. The lowest BCUT2D eigenvalue weighted by molar-refractivity contribution is -0.122. The summed E-state index contributed by atoms with van der Waals surface area (Å²) in [5, 5.41) is 4.51. The summed E-state index contributed by atoms with van der Waals surface area (Å²) in [7, 11) is 0. The molecular formula is C26H26N2O. The van der Waals surface area contributed by atoms with Crippen molar-refractivity contribution in [3.05, 3.63) is 108 Å². The Kier molecular flexibility index (Phi) is 5.57. The maximum atomic E-state index is 13.1. The number of rotatable bonds is 7. The highest BCUT2D eigenvalue weighted by Gasteiger charge is 2.60. The number of carbonyl (C=O) groups is 1. The van der Waals surface area contributed by atoms with E-state index in [2.05, 4.69) is 41.7 Å². The number of hydrogen-bond donors (Lipinski definition) is 1. The zero-order chi connectivity index (χ0) is 20.1. The Balaban J connectivity index is 1.59. The molecule has 29 heavy (non-hydrogen) atoms. The summed E-state index contributed by atoms with van der Waals surface area (Å²) >= 11 is 0. The molecule has 0 unspecified atom stereocenters. The minimum absolute atomic E-state index is 0.0118. The van der Waals surface area contributed by atoms with Crippen LogP contribution in [0.3, 0.4) is 0 Å². The Bertz CT molecular complexity index is 941. The summed E-state index contributed by atoms with van der Waals surface area (Å²) in [6.45, 7) is 2.12. The van der Waals surface area contributed by atoms with Crippen LogP contribution in [0, 0.1) is 5.92 Å². The normalized spacial score (nSPS) is 17.6. The van der Waals surface area contributed by atoms with Gasteiger partial charge in [-0.2, -0.15) is 5.10 Å². The van der Waals surface area contributed by atoms with Crippen LogP contribution in [-0.2, 0) is 10.2 Å². The molecule has 1 N–H and O–H groups in total. The van der Waals surface area contributed by atoms with E-state index in [4.69, 9.17) is 0 Å². The fraction of sp³-hybridized carbons (Fsp3) is 0.231. The van der Waals surface area contributed by atoms with Crippen molar-refractivity contribution < 1.29 is 4.79 Å². The number of hydrazone groups is 1. The predicted octanol–water partition coefficient (Wildman–Crippen LogP) is 5.31. The Hall–Kier alpha value is -3.20. The quantitative estimate of drug-likeness (QED) is 0.436. The molecular weight excluding hydrogens is 356 g/mol. The molecule has 0 spiro atoms. The first kappa shape index (κ1) is 19.1. The second kappa shape index (κ2) is 8.44. The van der Waals surface area contributed by atoms with Crippen LogP contribution >= 0.6 is 0 Å². The summed E-state index contributed by atoms with van der Waals surface area (Å²) in [4.78, 5) is 13.1. The molecule has 1 amide bonds. The summed E-state index contributed by atoms with van der Waals surface area (Å²) in [5.74, 6) is -0.128. The first-order valence-electron chi connectivity index (χ1n) is 10.3. The van der Waals surface area contributed by atoms with Crippen molar-refractivity contribution in [1.29, 1.82) is 0 Å². The average Bonchev–Trinajstić information content (AvgIpc) is 3.55. The summed E-state index contributed by atoms with van der Waals surface area (Å²) in [6, 6.07) is 30.7. The van der Waals surface area contributed by atoms with Gasteiger partial charge in [-0.25, -0.2) is 5.43 Å². The van der Waals surface area contributed by atoms with E-state index >= 15 is 0 Å². The van der Waals surface area contributed by atoms with Crippen molar-refractivity contribution in [3.63, 3.8) is 0 Å². The molecule has 1 aliphatic rings. The van der Waals surface area contributed by atoms with Crippen LogP contribution in [-0.4, -0.2) is 11.6 Å². The maximum Gasteiger partial charge on any atom is 0.244 e. The van der Waals surface area contributed by atoms with Crippen LogP contribution in [0.1, 0.15) is 42.9 Å². The monoisotopic (exact) mass is 382 g/mol. The molecule has 1 aliphatic carbocycles. The third-order valence-electron chi connectivity index (χ3n) is 5.75. The van der Waals surface area contributed by atoms with Gasteiger partial charge in [0.25, 0.3) is 0 Å². The van der Waals surface area contributed by atoms with Gasteiger partial charge in [-0.1, -0.05) is 104 Å². The molecule has 0 radical (unpaired) electrons. The zero-order valence-corrected chi connectivity index (χ0v) is 16.7. The van der Waals surface area contributed by atoms with E-state index in [0.717, 1.165) is 30.5 Å². The SMILES string of the molecule is CCCC(=NNC(=O)[C@@H]1CC1(c1ccccc1)c1ccccc1)c1ccccc1. The molecule has 0 aromatic heterocycles. The number of hydrogen-bond acceptors (Lipinski definition) is 2. The molecule has 0 heterocycles. The highest BCUT2D eigenvalue weighted by molar-refractivity contribution is 6.01. The van der Waals surface area contributed by atoms with Gasteiger partial charge in [-0.3, -0.25) is 4.79 Å². The minimum atomic E-state index is -0.264. The Morgan fingerprint density at radius 2 is 1.41 bits per heavy atom. The fourth-order valence-electron chi connectivity index (χ4n) is 4.19. The van der Waals surface area contributed by atoms with Gasteiger partial charge in [0.05, 0.1) is 11.6 Å². The van der Waals surface area contributed by atoms with E-state index in [1.165, 1.54) is 11.1 Å². The standard InChI is InChI=1S/C26H26N2O/c1-2-12-24(20-13-6-3-7-14-20)27-28-25(29)23-19-26(23,21-15-8-4-9-16-21)22-17-10-5-11-18-22/h3-11,13-18,23H,2,12,19H2,1H3,(H,28,29)/t23-/m0/s1. The summed E-state index contributed by atoms with van der Waals surface area (Å²) < 4.78 is 0. The third kappa shape index (κ3) is 3.86. The smallest absolute Gasteiger partial charge is 0.244 e. The summed E-state index contributed by atoms with van der Waals surface area (Å²) in [6.07, 6.45) is 2.61. The lowest BCUT2D eigenvalue weighted by Crippen LogP contribution is -2.26. The van der Waals surface area contributed by atoms with Crippen LogP contribution in [0.4, 0.5) is 0 Å². The van der Waals surface area contributed by atoms with Gasteiger partial charge in [0.1, 0.15) is 0 Å². The summed E-state index contributed by atoms with van der Waals surface area (Å²) in [5.41, 5.74) is 6.96. The first-order chi connectivity index (χ1) is 14.3. The van der Waals surface area contributed by atoms with Crippen LogP contribution < -0.4 is 5.43 Å². The van der Waals surface area contributed by atoms with Crippen LogP contribution in [0.25, 0.3) is 0 Å². The van der Waals surface area contributed by atoms with Gasteiger partial charge < -0.3 is 0 Å². The lowest BCUT2D eigenvalue weighted by Gasteiger charge is -2.18. The van der Waals surface area contributed by atoms with Gasteiger partial charge in [0.15, 0.2) is 0 Å². The highest BCUT2D eigenvalue weighted by atomic mass is 16.2. The van der Waals surface area contributed by atoms with Crippen molar-refractivity contribution in [1.82, 2.24) is 5.43 Å². The second-order valence-corrected chi connectivity index (χ2v) is 7.61. The fourth-order valence-corrected chi connectivity index (χ4v) is 4.19. The third-order valence-corrected chi connectivity index (χ3v) is 5.75. The molecule has 4 rings (SSSR count). The molecule has 0 aliphatic heterocycles. The Morgan fingerprint density at radius 1 is 0.897 bits per heavy atom. The number of benzene rings is 3.